The van der Waals surface area contributed by atoms with E-state index in [0.29, 0.717) is 36.8 Å². The lowest BCUT2D eigenvalue weighted by Gasteiger charge is -2.32. The molecular weight excluding hydrogens is 400 g/mol. The molecule has 2 rings (SSSR count). The van der Waals surface area contributed by atoms with Crippen molar-refractivity contribution in [2.24, 2.45) is 4.99 Å². The van der Waals surface area contributed by atoms with Crippen molar-refractivity contribution in [3.8, 4) is 5.75 Å². The summed E-state index contributed by atoms with van der Waals surface area (Å²) in [5.74, 6) is 1.65. The molecule has 0 spiro atoms. The number of piperidine rings is 1. The zero-order valence-corrected chi connectivity index (χ0v) is 18.4. The van der Waals surface area contributed by atoms with Crippen LogP contribution >= 0.6 is 11.6 Å². The lowest BCUT2D eigenvalue weighted by Crippen LogP contribution is -2.50. The molecule has 1 aliphatic rings. The van der Waals surface area contributed by atoms with Crippen LogP contribution in [0.15, 0.2) is 23.2 Å². The molecule has 0 radical (unpaired) electrons. The Balaban J connectivity index is 1.97. The quantitative estimate of drug-likeness (QED) is 0.489. The van der Waals surface area contributed by atoms with E-state index in [4.69, 9.17) is 16.3 Å². The second-order valence-corrected chi connectivity index (χ2v) is 9.31. The number of guanidine groups is 1. The van der Waals surface area contributed by atoms with Crippen molar-refractivity contribution in [3.05, 3.63) is 28.8 Å². The Morgan fingerprint density at radius 3 is 2.64 bits per heavy atom. The Bertz CT molecular complexity index is 762. The van der Waals surface area contributed by atoms with Gasteiger partial charge in [-0.1, -0.05) is 24.6 Å². The summed E-state index contributed by atoms with van der Waals surface area (Å²) in [6, 6.07) is 5.70. The lowest BCUT2D eigenvalue weighted by molar-refractivity contribution is 0.306. The van der Waals surface area contributed by atoms with Gasteiger partial charge in [0.2, 0.25) is 10.0 Å². The van der Waals surface area contributed by atoms with Crippen molar-refractivity contribution in [3.63, 3.8) is 0 Å². The van der Waals surface area contributed by atoms with Crippen LogP contribution in [-0.4, -0.2) is 57.2 Å². The molecule has 0 bridgehead atoms. The zero-order chi connectivity index (χ0) is 20.6. The first-order valence-electron chi connectivity index (χ1n) is 9.74. The van der Waals surface area contributed by atoms with Gasteiger partial charge in [-0.3, -0.25) is 0 Å². The monoisotopic (exact) mass is 430 g/mol. The number of rotatable bonds is 8. The van der Waals surface area contributed by atoms with Gasteiger partial charge in [0.25, 0.3) is 0 Å². The van der Waals surface area contributed by atoms with E-state index in [1.165, 1.54) is 0 Å². The van der Waals surface area contributed by atoms with Crippen LogP contribution in [-0.2, 0) is 16.6 Å². The van der Waals surface area contributed by atoms with Gasteiger partial charge in [0.1, 0.15) is 5.75 Å². The van der Waals surface area contributed by atoms with Gasteiger partial charge >= 0.3 is 0 Å². The number of sulfonamides is 1. The summed E-state index contributed by atoms with van der Waals surface area (Å²) in [4.78, 5) is 4.65. The van der Waals surface area contributed by atoms with Gasteiger partial charge < -0.3 is 15.4 Å². The van der Waals surface area contributed by atoms with E-state index >= 15 is 0 Å². The molecule has 0 saturated carbocycles. The van der Waals surface area contributed by atoms with E-state index in [1.54, 1.807) is 17.5 Å². The fourth-order valence-corrected chi connectivity index (χ4v) is 4.90. The highest BCUT2D eigenvalue weighted by molar-refractivity contribution is 7.89. The molecule has 2 N–H and O–H groups in total. The van der Waals surface area contributed by atoms with Crippen molar-refractivity contribution in [1.82, 2.24) is 14.9 Å². The second-order valence-electron chi connectivity index (χ2n) is 6.79. The van der Waals surface area contributed by atoms with Gasteiger partial charge in [-0.05, 0) is 38.3 Å². The van der Waals surface area contributed by atoms with E-state index in [-0.39, 0.29) is 11.8 Å². The van der Waals surface area contributed by atoms with E-state index in [9.17, 15) is 8.42 Å². The highest BCUT2D eigenvalue weighted by Gasteiger charge is 2.27. The minimum absolute atomic E-state index is 0.193. The van der Waals surface area contributed by atoms with Gasteiger partial charge in [0, 0.05) is 36.3 Å². The van der Waals surface area contributed by atoms with E-state index in [0.717, 1.165) is 30.9 Å². The third kappa shape index (κ3) is 6.53. The summed E-state index contributed by atoms with van der Waals surface area (Å²) < 4.78 is 31.4. The maximum Gasteiger partial charge on any atom is 0.214 e. The number of nitrogens with one attached hydrogen (secondary N) is 2. The number of aliphatic imine (C=N–C) groups is 1. The van der Waals surface area contributed by atoms with Crippen LogP contribution in [0.5, 0.6) is 5.75 Å². The van der Waals surface area contributed by atoms with E-state index in [2.05, 4.69) is 15.6 Å². The van der Waals surface area contributed by atoms with Crippen LogP contribution in [0.4, 0.5) is 0 Å². The molecule has 0 atom stereocenters. The summed E-state index contributed by atoms with van der Waals surface area (Å²) >= 11 is 6.01. The molecule has 9 heteroatoms. The van der Waals surface area contributed by atoms with Crippen molar-refractivity contribution in [2.45, 2.75) is 45.7 Å². The average molecular weight is 431 g/mol. The number of methoxy groups -OCH3 is 1. The summed E-state index contributed by atoms with van der Waals surface area (Å²) in [5, 5.41) is 7.31. The number of ether oxygens (including phenoxy) is 1. The van der Waals surface area contributed by atoms with Crippen LogP contribution in [0.1, 0.15) is 38.7 Å². The SMILES string of the molecule is CCCS(=O)(=O)N1CCC(NC(=NCc2ccc(Cl)cc2OC)NCC)CC1. The zero-order valence-electron chi connectivity index (χ0n) is 16.9. The van der Waals surface area contributed by atoms with Crippen LogP contribution in [0.2, 0.25) is 5.02 Å². The molecule has 1 aromatic carbocycles. The van der Waals surface area contributed by atoms with Gasteiger partial charge in [-0.2, -0.15) is 0 Å². The molecule has 1 aromatic rings. The predicted octanol–water partition coefficient (Wildman–Crippen LogP) is 2.61. The second kappa shape index (κ2) is 10.9. The highest BCUT2D eigenvalue weighted by atomic mass is 35.5. The normalized spacial score (nSPS) is 16.8. The molecule has 158 valence electrons. The van der Waals surface area contributed by atoms with E-state index < -0.39 is 10.0 Å². The smallest absolute Gasteiger partial charge is 0.214 e. The van der Waals surface area contributed by atoms with Crippen LogP contribution < -0.4 is 15.4 Å². The number of nitrogens with zero attached hydrogens (tertiary/aromatic N) is 2. The van der Waals surface area contributed by atoms with Gasteiger partial charge in [-0.15, -0.1) is 0 Å². The average Bonchev–Trinajstić information content (AvgIpc) is 2.67. The summed E-state index contributed by atoms with van der Waals surface area (Å²) in [6.07, 6.45) is 2.17. The maximum absolute atomic E-state index is 12.2. The predicted molar refractivity (Wildman–Crippen MR) is 115 cm³/mol. The molecule has 1 saturated heterocycles. The highest BCUT2D eigenvalue weighted by Crippen LogP contribution is 2.23. The Labute approximate surface area is 173 Å². The van der Waals surface area contributed by atoms with Crippen molar-refractivity contribution in [2.75, 3.05) is 32.5 Å². The molecule has 1 fully saturated rings. The summed E-state index contributed by atoms with van der Waals surface area (Å²) in [7, 11) is -1.50. The number of hydrogen-bond donors (Lipinski definition) is 2. The van der Waals surface area contributed by atoms with Gasteiger partial charge in [-0.25, -0.2) is 17.7 Å². The van der Waals surface area contributed by atoms with Gasteiger partial charge in [0.15, 0.2) is 5.96 Å². The minimum Gasteiger partial charge on any atom is -0.496 e. The van der Waals surface area contributed by atoms with Crippen molar-refractivity contribution < 1.29 is 13.2 Å². The Morgan fingerprint density at radius 1 is 1.32 bits per heavy atom. The van der Waals surface area contributed by atoms with E-state index in [1.807, 2.05) is 26.0 Å². The standard InChI is InChI=1S/C19H31ClN4O3S/c1-4-12-28(25,26)24-10-8-17(9-11-24)23-19(21-5-2)22-14-15-6-7-16(20)13-18(15)27-3/h6-7,13,17H,4-5,8-12,14H2,1-3H3,(H2,21,22,23). The summed E-state index contributed by atoms with van der Waals surface area (Å²) in [5.41, 5.74) is 0.949. The van der Waals surface area contributed by atoms with Crippen molar-refractivity contribution in [1.29, 1.82) is 0 Å². The fraction of sp³-hybridized carbons (Fsp3) is 0.632. The van der Waals surface area contributed by atoms with Gasteiger partial charge in [0.05, 0.1) is 19.4 Å². The number of halogens is 1. The number of hydrogen-bond acceptors (Lipinski definition) is 4. The van der Waals surface area contributed by atoms with Crippen molar-refractivity contribution >= 4 is 27.6 Å². The third-order valence-electron chi connectivity index (χ3n) is 4.65. The van der Waals surface area contributed by atoms with Crippen LogP contribution in [0.3, 0.4) is 0 Å². The molecule has 28 heavy (non-hydrogen) atoms. The Hall–Kier alpha value is -1.51. The Kier molecular flexibility index (Phi) is 8.85. The first-order valence-corrected chi connectivity index (χ1v) is 11.7. The first-order chi connectivity index (χ1) is 13.4. The summed E-state index contributed by atoms with van der Waals surface area (Å²) in [6.45, 7) is 6.20. The minimum atomic E-state index is -3.12. The Morgan fingerprint density at radius 2 is 2.04 bits per heavy atom. The topological polar surface area (TPSA) is 83.0 Å². The molecule has 0 amide bonds. The van der Waals surface area contributed by atoms with Crippen LogP contribution in [0, 0.1) is 0 Å². The molecule has 1 aliphatic heterocycles. The molecule has 0 unspecified atom stereocenters. The molecule has 1 heterocycles. The maximum atomic E-state index is 12.2. The number of benzene rings is 1. The first kappa shape index (κ1) is 22.8. The largest absolute Gasteiger partial charge is 0.496 e. The lowest BCUT2D eigenvalue weighted by atomic mass is 10.1. The molecular formula is C19H31ClN4O3S. The van der Waals surface area contributed by atoms with Crippen LogP contribution in [0.25, 0.3) is 0 Å². The fourth-order valence-electron chi connectivity index (χ4n) is 3.19. The molecule has 0 aliphatic carbocycles. The molecule has 0 aromatic heterocycles. The third-order valence-corrected chi connectivity index (χ3v) is 6.96. The molecule has 7 nitrogen and oxygen atoms in total.